The van der Waals surface area contributed by atoms with Gasteiger partial charge in [-0.05, 0) is 37.7 Å². The van der Waals surface area contributed by atoms with Gasteiger partial charge in [-0.1, -0.05) is 42.5 Å². The molecule has 1 aliphatic carbocycles. The molecular weight excluding hydrogens is 292 g/mol. The van der Waals surface area contributed by atoms with E-state index in [-0.39, 0.29) is 24.5 Å². The van der Waals surface area contributed by atoms with Crippen molar-refractivity contribution in [3.8, 4) is 0 Å². The summed E-state index contributed by atoms with van der Waals surface area (Å²) in [4.78, 5) is 23.0. The second-order valence-electron chi connectivity index (χ2n) is 5.92. The van der Waals surface area contributed by atoms with Crippen LogP contribution in [0.2, 0.25) is 0 Å². The summed E-state index contributed by atoms with van der Waals surface area (Å²) in [5.74, 6) is -0.845. The minimum Gasteiger partial charge on any atom is -0.481 e. The van der Waals surface area contributed by atoms with Crippen LogP contribution in [0.25, 0.3) is 0 Å². The van der Waals surface area contributed by atoms with Crippen molar-refractivity contribution in [2.24, 2.45) is 0 Å². The van der Waals surface area contributed by atoms with Crippen LogP contribution in [0, 0.1) is 0 Å². The number of nitrogens with one attached hydrogen (secondary N) is 2. The number of benzene rings is 1. The first kappa shape index (κ1) is 17.1. The van der Waals surface area contributed by atoms with E-state index in [9.17, 15) is 9.59 Å². The van der Waals surface area contributed by atoms with Crippen LogP contribution in [0.1, 0.15) is 37.7 Å². The zero-order chi connectivity index (χ0) is 16.5. The first-order valence-corrected chi connectivity index (χ1v) is 8.11. The number of hydrogen-bond donors (Lipinski definition) is 3. The van der Waals surface area contributed by atoms with Gasteiger partial charge in [-0.25, -0.2) is 4.79 Å². The standard InChI is InChI=1S/C18H24N2O3/c21-17(22)12-11-16(13-14-7-3-1-4-8-14)20-18(23)19-15-9-5-2-6-10-15/h1-5,7-8,15-16H,6,9-13H2,(H,21,22)(H2,19,20,23). The molecule has 0 saturated heterocycles. The summed E-state index contributed by atoms with van der Waals surface area (Å²) in [6, 6.07) is 9.56. The Bertz CT molecular complexity index is 542. The number of rotatable bonds is 7. The first-order chi connectivity index (χ1) is 11.1. The van der Waals surface area contributed by atoms with Crippen molar-refractivity contribution in [2.45, 2.75) is 50.6 Å². The number of carbonyl (C=O) groups excluding carboxylic acids is 1. The van der Waals surface area contributed by atoms with E-state index in [2.05, 4.69) is 22.8 Å². The highest BCUT2D eigenvalue weighted by molar-refractivity contribution is 5.74. The van der Waals surface area contributed by atoms with Crippen molar-refractivity contribution >= 4 is 12.0 Å². The number of urea groups is 1. The lowest BCUT2D eigenvalue weighted by molar-refractivity contribution is -0.137. The fourth-order valence-electron chi connectivity index (χ4n) is 2.76. The van der Waals surface area contributed by atoms with Gasteiger partial charge in [-0.15, -0.1) is 0 Å². The molecule has 5 nitrogen and oxygen atoms in total. The first-order valence-electron chi connectivity index (χ1n) is 8.11. The lowest BCUT2D eigenvalue weighted by Crippen LogP contribution is -2.47. The van der Waals surface area contributed by atoms with Gasteiger partial charge < -0.3 is 15.7 Å². The molecule has 23 heavy (non-hydrogen) atoms. The lowest BCUT2D eigenvalue weighted by Gasteiger charge is -2.23. The Morgan fingerprint density at radius 3 is 2.65 bits per heavy atom. The molecule has 2 atom stereocenters. The Balaban J connectivity index is 1.88. The second-order valence-corrected chi connectivity index (χ2v) is 5.92. The Hall–Kier alpha value is -2.30. The van der Waals surface area contributed by atoms with E-state index < -0.39 is 5.97 Å². The zero-order valence-corrected chi connectivity index (χ0v) is 13.2. The molecule has 0 spiro atoms. The molecule has 0 saturated carbocycles. The summed E-state index contributed by atoms with van der Waals surface area (Å²) in [5, 5.41) is 14.8. The van der Waals surface area contributed by atoms with Crippen LogP contribution >= 0.6 is 0 Å². The van der Waals surface area contributed by atoms with Gasteiger partial charge in [0.2, 0.25) is 0 Å². The smallest absolute Gasteiger partial charge is 0.315 e. The summed E-state index contributed by atoms with van der Waals surface area (Å²) < 4.78 is 0. The fraction of sp³-hybridized carbons (Fsp3) is 0.444. The van der Waals surface area contributed by atoms with Gasteiger partial charge in [-0.2, -0.15) is 0 Å². The topological polar surface area (TPSA) is 78.4 Å². The van der Waals surface area contributed by atoms with E-state index in [4.69, 9.17) is 5.11 Å². The van der Waals surface area contributed by atoms with Crippen molar-refractivity contribution in [3.05, 3.63) is 48.0 Å². The van der Waals surface area contributed by atoms with Gasteiger partial charge in [0.1, 0.15) is 0 Å². The highest BCUT2D eigenvalue weighted by Crippen LogP contribution is 2.11. The van der Waals surface area contributed by atoms with Gasteiger partial charge in [0, 0.05) is 18.5 Å². The van der Waals surface area contributed by atoms with E-state index in [1.807, 2.05) is 30.3 Å². The molecule has 0 fully saturated rings. The highest BCUT2D eigenvalue weighted by atomic mass is 16.4. The Labute approximate surface area is 136 Å². The number of aliphatic carboxylic acids is 1. The highest BCUT2D eigenvalue weighted by Gasteiger charge is 2.17. The number of allylic oxidation sites excluding steroid dienone is 1. The number of carbonyl (C=O) groups is 2. The zero-order valence-electron chi connectivity index (χ0n) is 13.2. The van der Waals surface area contributed by atoms with Crippen LogP contribution in [-0.2, 0) is 11.2 Å². The molecule has 0 radical (unpaired) electrons. The Morgan fingerprint density at radius 2 is 2.00 bits per heavy atom. The largest absolute Gasteiger partial charge is 0.481 e. The van der Waals surface area contributed by atoms with Crippen molar-refractivity contribution < 1.29 is 14.7 Å². The van der Waals surface area contributed by atoms with E-state index in [0.29, 0.717) is 12.8 Å². The molecule has 2 amide bonds. The molecule has 2 unspecified atom stereocenters. The van der Waals surface area contributed by atoms with Crippen molar-refractivity contribution in [1.29, 1.82) is 0 Å². The molecule has 5 heteroatoms. The van der Waals surface area contributed by atoms with Gasteiger partial charge >= 0.3 is 12.0 Å². The van der Waals surface area contributed by atoms with Gasteiger partial charge in [-0.3, -0.25) is 4.79 Å². The molecule has 0 aromatic heterocycles. The number of amides is 2. The van der Waals surface area contributed by atoms with Crippen LogP contribution in [0.4, 0.5) is 4.79 Å². The average molecular weight is 316 g/mol. The van der Waals surface area contributed by atoms with Crippen molar-refractivity contribution in [3.63, 3.8) is 0 Å². The molecule has 1 aliphatic rings. The Morgan fingerprint density at radius 1 is 1.22 bits per heavy atom. The molecule has 0 aliphatic heterocycles. The van der Waals surface area contributed by atoms with E-state index >= 15 is 0 Å². The molecule has 2 rings (SSSR count). The molecular formula is C18H24N2O3. The third-order valence-electron chi connectivity index (χ3n) is 3.97. The maximum Gasteiger partial charge on any atom is 0.315 e. The maximum atomic E-state index is 12.2. The fourth-order valence-corrected chi connectivity index (χ4v) is 2.76. The van der Waals surface area contributed by atoms with Gasteiger partial charge in [0.15, 0.2) is 0 Å². The summed E-state index contributed by atoms with van der Waals surface area (Å²) in [7, 11) is 0. The predicted octanol–water partition coefficient (Wildman–Crippen LogP) is 2.87. The molecule has 1 aromatic rings. The number of hydrogen-bond acceptors (Lipinski definition) is 2. The predicted molar refractivity (Wildman–Crippen MR) is 89.3 cm³/mol. The maximum absolute atomic E-state index is 12.2. The van der Waals surface area contributed by atoms with Crippen molar-refractivity contribution in [2.75, 3.05) is 0 Å². The minimum absolute atomic E-state index is 0.0456. The second kappa shape index (κ2) is 8.98. The summed E-state index contributed by atoms with van der Waals surface area (Å²) in [6.07, 6.45) is 8.09. The lowest BCUT2D eigenvalue weighted by atomic mass is 10.0. The van der Waals surface area contributed by atoms with Crippen LogP contribution < -0.4 is 10.6 Å². The quantitative estimate of drug-likeness (QED) is 0.677. The van der Waals surface area contributed by atoms with Gasteiger partial charge in [0.25, 0.3) is 0 Å². The average Bonchev–Trinajstić information content (AvgIpc) is 2.54. The van der Waals surface area contributed by atoms with E-state index in [1.165, 1.54) is 0 Å². The molecule has 0 bridgehead atoms. The van der Waals surface area contributed by atoms with E-state index in [0.717, 1.165) is 24.8 Å². The summed E-state index contributed by atoms with van der Waals surface area (Å²) in [5.41, 5.74) is 1.09. The van der Waals surface area contributed by atoms with Crippen LogP contribution in [0.5, 0.6) is 0 Å². The van der Waals surface area contributed by atoms with E-state index in [1.54, 1.807) is 0 Å². The number of carboxylic acids is 1. The minimum atomic E-state index is -0.845. The normalized spacial score (nSPS) is 18.2. The third kappa shape index (κ3) is 6.55. The summed E-state index contributed by atoms with van der Waals surface area (Å²) in [6.45, 7) is 0. The summed E-state index contributed by atoms with van der Waals surface area (Å²) >= 11 is 0. The van der Waals surface area contributed by atoms with Gasteiger partial charge in [0.05, 0.1) is 0 Å². The van der Waals surface area contributed by atoms with Crippen molar-refractivity contribution in [1.82, 2.24) is 10.6 Å². The molecule has 3 N–H and O–H groups in total. The molecule has 0 heterocycles. The Kier molecular flexibility index (Phi) is 6.66. The molecule has 124 valence electrons. The molecule has 1 aromatic carbocycles. The van der Waals surface area contributed by atoms with Crippen LogP contribution in [-0.4, -0.2) is 29.2 Å². The monoisotopic (exact) mass is 316 g/mol. The third-order valence-corrected chi connectivity index (χ3v) is 3.97. The van der Waals surface area contributed by atoms with Crippen LogP contribution in [0.3, 0.4) is 0 Å². The number of carboxylic acid groups (broad SMARTS) is 1. The van der Waals surface area contributed by atoms with Crippen LogP contribution in [0.15, 0.2) is 42.5 Å². The SMILES string of the molecule is O=C(O)CCC(Cc1ccccc1)NC(=O)NC1CC=CCC1.